The first-order valence-electron chi connectivity index (χ1n) is 5.88. The number of ether oxygens (including phenoxy) is 1. The lowest BCUT2D eigenvalue weighted by Gasteiger charge is -2.09. The van der Waals surface area contributed by atoms with E-state index in [1.54, 1.807) is 24.4 Å². The molecule has 0 unspecified atom stereocenters. The highest BCUT2D eigenvalue weighted by Gasteiger charge is 2.07. The van der Waals surface area contributed by atoms with E-state index in [-0.39, 0.29) is 0 Å². The van der Waals surface area contributed by atoms with Crippen LogP contribution in [0.15, 0.2) is 42.6 Å². The van der Waals surface area contributed by atoms with Gasteiger partial charge in [-0.05, 0) is 37.3 Å². The van der Waals surface area contributed by atoms with Crippen LogP contribution in [0.3, 0.4) is 0 Å². The monoisotopic (exact) mass is 249 g/mol. The minimum atomic E-state index is 0.583. The molecule has 1 N–H and O–H groups in total. The van der Waals surface area contributed by atoms with Crippen molar-refractivity contribution >= 4 is 10.9 Å². The second-order valence-corrected chi connectivity index (χ2v) is 4.26. The highest BCUT2D eigenvalue weighted by Crippen LogP contribution is 2.30. The van der Waals surface area contributed by atoms with E-state index in [1.165, 1.54) is 0 Å². The Morgan fingerprint density at radius 3 is 3.00 bits per heavy atom. The largest absolute Gasteiger partial charge is 0.457 e. The molecule has 19 heavy (non-hydrogen) atoms. The van der Waals surface area contributed by atoms with E-state index >= 15 is 0 Å². The van der Waals surface area contributed by atoms with Gasteiger partial charge in [-0.25, -0.2) is 0 Å². The Hall–Kier alpha value is -2.80. The van der Waals surface area contributed by atoms with Crippen molar-refractivity contribution in [1.82, 2.24) is 10.2 Å². The number of hydrogen-bond acceptors (Lipinski definition) is 3. The fraction of sp³-hybridized carbons (Fsp3) is 0.0667. The maximum atomic E-state index is 8.88. The number of nitrogens with one attached hydrogen (secondary N) is 1. The Bertz CT molecular complexity index is 783. The van der Waals surface area contributed by atoms with Gasteiger partial charge in [0.15, 0.2) is 0 Å². The van der Waals surface area contributed by atoms with E-state index in [0.29, 0.717) is 11.3 Å². The average molecular weight is 249 g/mol. The zero-order chi connectivity index (χ0) is 13.2. The Morgan fingerprint density at radius 2 is 2.16 bits per heavy atom. The summed E-state index contributed by atoms with van der Waals surface area (Å²) in [6, 6.07) is 13.0. The molecule has 0 bridgehead atoms. The van der Waals surface area contributed by atoms with Crippen molar-refractivity contribution in [2.45, 2.75) is 6.92 Å². The second-order valence-electron chi connectivity index (χ2n) is 4.26. The molecular formula is C15H11N3O. The predicted molar refractivity (Wildman–Crippen MR) is 72.1 cm³/mol. The van der Waals surface area contributed by atoms with Gasteiger partial charge in [0.25, 0.3) is 0 Å². The number of aromatic nitrogens is 2. The number of H-pyrrole nitrogens is 1. The van der Waals surface area contributed by atoms with Crippen LogP contribution in [0, 0.1) is 18.3 Å². The van der Waals surface area contributed by atoms with E-state index < -0.39 is 0 Å². The minimum absolute atomic E-state index is 0.583. The molecular weight excluding hydrogens is 238 g/mol. The average Bonchev–Trinajstić information content (AvgIpc) is 2.91. The van der Waals surface area contributed by atoms with Gasteiger partial charge in [0.05, 0.1) is 23.3 Å². The van der Waals surface area contributed by atoms with Gasteiger partial charge in [0.2, 0.25) is 0 Å². The highest BCUT2D eigenvalue weighted by atomic mass is 16.5. The lowest BCUT2D eigenvalue weighted by molar-refractivity contribution is 0.480. The first kappa shape index (κ1) is 11.3. The summed E-state index contributed by atoms with van der Waals surface area (Å²) in [6.07, 6.45) is 1.78. The molecule has 2 aromatic carbocycles. The number of nitrogens with zero attached hydrogens (tertiary/aromatic N) is 2. The van der Waals surface area contributed by atoms with Crippen LogP contribution in [0.5, 0.6) is 11.5 Å². The van der Waals surface area contributed by atoms with Crippen LogP contribution < -0.4 is 4.74 Å². The van der Waals surface area contributed by atoms with Crippen LogP contribution in [0.1, 0.15) is 11.1 Å². The highest BCUT2D eigenvalue weighted by molar-refractivity contribution is 5.83. The topological polar surface area (TPSA) is 61.7 Å². The number of aromatic amines is 1. The lowest BCUT2D eigenvalue weighted by atomic mass is 10.1. The smallest absolute Gasteiger partial charge is 0.131 e. The lowest BCUT2D eigenvalue weighted by Crippen LogP contribution is -1.88. The normalized spacial score (nSPS) is 10.3. The summed E-state index contributed by atoms with van der Waals surface area (Å²) in [4.78, 5) is 0. The maximum Gasteiger partial charge on any atom is 0.131 e. The molecule has 0 aliphatic rings. The van der Waals surface area contributed by atoms with Gasteiger partial charge < -0.3 is 4.74 Å². The van der Waals surface area contributed by atoms with Gasteiger partial charge in [-0.15, -0.1) is 0 Å². The summed E-state index contributed by atoms with van der Waals surface area (Å²) in [5, 5.41) is 16.8. The molecule has 0 fully saturated rings. The van der Waals surface area contributed by atoms with E-state index in [4.69, 9.17) is 10.00 Å². The maximum absolute atomic E-state index is 8.88. The molecule has 3 aromatic rings. The van der Waals surface area contributed by atoms with E-state index in [9.17, 15) is 0 Å². The summed E-state index contributed by atoms with van der Waals surface area (Å²) in [6.45, 7) is 1.99. The number of benzene rings is 2. The molecule has 4 heteroatoms. The van der Waals surface area contributed by atoms with E-state index in [2.05, 4.69) is 16.3 Å². The Balaban J connectivity index is 2.01. The third-order valence-electron chi connectivity index (χ3n) is 3.03. The zero-order valence-corrected chi connectivity index (χ0v) is 10.3. The van der Waals surface area contributed by atoms with Crippen molar-refractivity contribution in [2.24, 2.45) is 0 Å². The Labute approximate surface area is 110 Å². The van der Waals surface area contributed by atoms with Crippen LogP contribution in [0.4, 0.5) is 0 Å². The minimum Gasteiger partial charge on any atom is -0.457 e. The number of hydrogen-bond donors (Lipinski definition) is 1. The molecule has 3 rings (SSSR count). The summed E-state index contributed by atoms with van der Waals surface area (Å²) < 4.78 is 5.84. The number of rotatable bonds is 2. The number of aryl methyl sites for hydroxylation is 1. The fourth-order valence-electron chi connectivity index (χ4n) is 2.01. The SMILES string of the molecule is Cc1c(Oc2cccc(C#N)c2)ccc2[nH]ncc12. The van der Waals surface area contributed by atoms with Crippen LogP contribution >= 0.6 is 0 Å². The van der Waals surface area contributed by atoms with Crippen LogP contribution in [-0.4, -0.2) is 10.2 Å². The molecule has 0 aliphatic carbocycles. The molecule has 1 aromatic heterocycles. The third kappa shape index (κ3) is 2.02. The van der Waals surface area contributed by atoms with Gasteiger partial charge in [-0.3, -0.25) is 5.10 Å². The van der Waals surface area contributed by atoms with Gasteiger partial charge >= 0.3 is 0 Å². The van der Waals surface area contributed by atoms with Crippen molar-refractivity contribution in [3.05, 3.63) is 53.7 Å². The van der Waals surface area contributed by atoms with Gasteiger partial charge in [0.1, 0.15) is 11.5 Å². The van der Waals surface area contributed by atoms with Crippen molar-refractivity contribution in [3.63, 3.8) is 0 Å². The van der Waals surface area contributed by atoms with E-state index in [1.807, 2.05) is 25.1 Å². The zero-order valence-electron chi connectivity index (χ0n) is 10.3. The summed E-state index contributed by atoms with van der Waals surface area (Å²) in [5.41, 5.74) is 2.59. The molecule has 0 radical (unpaired) electrons. The second kappa shape index (κ2) is 4.46. The number of fused-ring (bicyclic) bond motifs is 1. The molecule has 92 valence electrons. The van der Waals surface area contributed by atoms with E-state index in [0.717, 1.165) is 22.2 Å². The van der Waals surface area contributed by atoms with Gasteiger partial charge in [-0.1, -0.05) is 6.07 Å². The first-order valence-corrected chi connectivity index (χ1v) is 5.88. The first-order chi connectivity index (χ1) is 9.28. The van der Waals surface area contributed by atoms with Crippen molar-refractivity contribution in [1.29, 1.82) is 5.26 Å². The van der Waals surface area contributed by atoms with Crippen molar-refractivity contribution < 1.29 is 4.74 Å². The molecule has 1 heterocycles. The summed E-state index contributed by atoms with van der Waals surface area (Å²) >= 11 is 0. The van der Waals surface area contributed by atoms with Crippen LogP contribution in [0.2, 0.25) is 0 Å². The van der Waals surface area contributed by atoms with Crippen LogP contribution in [-0.2, 0) is 0 Å². The Morgan fingerprint density at radius 1 is 1.26 bits per heavy atom. The van der Waals surface area contributed by atoms with Crippen LogP contribution in [0.25, 0.3) is 10.9 Å². The van der Waals surface area contributed by atoms with Crippen molar-refractivity contribution in [3.8, 4) is 17.6 Å². The molecule has 0 saturated heterocycles. The summed E-state index contributed by atoms with van der Waals surface area (Å²) in [5.74, 6) is 1.42. The predicted octanol–water partition coefficient (Wildman–Crippen LogP) is 3.54. The molecule has 0 aliphatic heterocycles. The Kier molecular flexibility index (Phi) is 2.66. The number of nitriles is 1. The molecule has 0 saturated carbocycles. The molecule has 4 nitrogen and oxygen atoms in total. The summed E-state index contributed by atoms with van der Waals surface area (Å²) in [7, 11) is 0. The quantitative estimate of drug-likeness (QED) is 0.755. The van der Waals surface area contributed by atoms with Gasteiger partial charge in [-0.2, -0.15) is 10.4 Å². The standard InChI is InChI=1S/C15H11N3O/c1-10-13-9-17-18-14(13)5-6-15(10)19-12-4-2-3-11(7-12)8-16/h2-7,9H,1H3,(H,17,18). The van der Waals surface area contributed by atoms with Gasteiger partial charge in [0, 0.05) is 10.9 Å². The fourth-order valence-corrected chi connectivity index (χ4v) is 2.01. The molecule has 0 amide bonds. The third-order valence-corrected chi connectivity index (χ3v) is 3.03. The molecule has 0 atom stereocenters. The molecule has 0 spiro atoms. The van der Waals surface area contributed by atoms with Crippen molar-refractivity contribution in [2.75, 3.05) is 0 Å².